The van der Waals surface area contributed by atoms with Gasteiger partial charge in [-0.05, 0) is 45.7 Å². The van der Waals surface area contributed by atoms with E-state index in [0.717, 1.165) is 45.2 Å². The van der Waals surface area contributed by atoms with Crippen LogP contribution in [0.5, 0.6) is 0 Å². The van der Waals surface area contributed by atoms with Gasteiger partial charge in [0.1, 0.15) is 0 Å². The fourth-order valence-corrected chi connectivity index (χ4v) is 3.16. The first-order chi connectivity index (χ1) is 7.12. The van der Waals surface area contributed by atoms with E-state index < -0.39 is 5.60 Å². The Morgan fingerprint density at radius 1 is 1.07 bits per heavy atom. The van der Waals surface area contributed by atoms with Crippen molar-refractivity contribution >= 4 is 0 Å². The Labute approximate surface area is 92.1 Å². The van der Waals surface area contributed by atoms with Crippen LogP contribution in [0.4, 0.5) is 0 Å². The lowest BCUT2D eigenvalue weighted by molar-refractivity contribution is -0.157. The van der Waals surface area contributed by atoms with Crippen molar-refractivity contribution in [3.8, 4) is 0 Å². The van der Waals surface area contributed by atoms with E-state index in [1.807, 2.05) is 0 Å². The summed E-state index contributed by atoms with van der Waals surface area (Å²) >= 11 is 0. The smallest absolute Gasteiger partial charge is 0.0738 e. The number of hydrogen-bond acceptors (Lipinski definition) is 3. The zero-order chi connectivity index (χ0) is 10.9. The normalized spacial score (nSPS) is 37.0. The first kappa shape index (κ1) is 11.4. The molecule has 1 unspecified atom stereocenters. The molecule has 1 aliphatic carbocycles. The number of likely N-dealkylation sites (tertiary alicyclic amines) is 1. The maximum absolute atomic E-state index is 10.8. The van der Waals surface area contributed by atoms with Gasteiger partial charge in [0.2, 0.25) is 0 Å². The van der Waals surface area contributed by atoms with Crippen molar-refractivity contribution in [2.45, 2.75) is 44.1 Å². The van der Waals surface area contributed by atoms with Crippen LogP contribution in [0.1, 0.15) is 38.5 Å². The highest BCUT2D eigenvalue weighted by Gasteiger charge is 2.53. The van der Waals surface area contributed by atoms with Crippen molar-refractivity contribution < 1.29 is 10.2 Å². The van der Waals surface area contributed by atoms with Crippen LogP contribution in [0.3, 0.4) is 0 Å². The Kier molecular flexibility index (Phi) is 3.06. The molecule has 0 spiro atoms. The molecule has 88 valence electrons. The van der Waals surface area contributed by atoms with E-state index in [1.54, 1.807) is 0 Å². The van der Waals surface area contributed by atoms with E-state index in [0.29, 0.717) is 0 Å². The zero-order valence-electron chi connectivity index (χ0n) is 9.71. The van der Waals surface area contributed by atoms with Gasteiger partial charge in [0.25, 0.3) is 0 Å². The molecular weight excluding hydrogens is 190 g/mol. The van der Waals surface area contributed by atoms with Crippen LogP contribution in [-0.2, 0) is 0 Å². The summed E-state index contributed by atoms with van der Waals surface area (Å²) in [6.45, 7) is 2.19. The highest BCUT2D eigenvalue weighted by molar-refractivity contribution is 5.04. The van der Waals surface area contributed by atoms with E-state index in [4.69, 9.17) is 0 Å². The molecule has 0 bridgehead atoms. The molecule has 3 heteroatoms. The lowest BCUT2D eigenvalue weighted by Crippen LogP contribution is -2.55. The number of hydrogen-bond donors (Lipinski definition) is 2. The lowest BCUT2D eigenvalue weighted by Gasteiger charge is -2.52. The van der Waals surface area contributed by atoms with Crippen LogP contribution < -0.4 is 0 Å². The molecule has 1 aliphatic heterocycles. The van der Waals surface area contributed by atoms with Gasteiger partial charge in [-0.15, -0.1) is 0 Å². The van der Waals surface area contributed by atoms with Gasteiger partial charge in [0.15, 0.2) is 0 Å². The summed E-state index contributed by atoms with van der Waals surface area (Å²) in [5.41, 5.74) is -0.775. The second-order valence-corrected chi connectivity index (χ2v) is 5.48. The number of rotatable bonds is 2. The third kappa shape index (κ3) is 1.81. The average molecular weight is 213 g/mol. The van der Waals surface area contributed by atoms with Crippen molar-refractivity contribution in [2.24, 2.45) is 5.41 Å². The molecule has 2 fully saturated rings. The van der Waals surface area contributed by atoms with Gasteiger partial charge >= 0.3 is 0 Å². The van der Waals surface area contributed by atoms with Crippen molar-refractivity contribution in [2.75, 3.05) is 26.7 Å². The van der Waals surface area contributed by atoms with Crippen LogP contribution in [0.2, 0.25) is 0 Å². The number of aliphatic hydroxyl groups is 2. The highest BCUT2D eigenvalue weighted by atomic mass is 16.3. The summed E-state index contributed by atoms with van der Waals surface area (Å²) in [5, 5.41) is 20.3. The molecule has 0 aromatic rings. The van der Waals surface area contributed by atoms with Crippen LogP contribution in [0, 0.1) is 5.41 Å². The standard InChI is InChI=1S/C12H23NO2/c1-13-8-3-6-12(15,7-9-13)11(10-14)4-2-5-11/h14-15H,2-10H2,1H3. The predicted molar refractivity (Wildman–Crippen MR) is 59.7 cm³/mol. The summed E-state index contributed by atoms with van der Waals surface area (Å²) < 4.78 is 0. The van der Waals surface area contributed by atoms with Gasteiger partial charge in [0, 0.05) is 12.0 Å². The quantitative estimate of drug-likeness (QED) is 0.719. The molecule has 1 saturated carbocycles. The van der Waals surface area contributed by atoms with E-state index in [1.165, 1.54) is 6.42 Å². The van der Waals surface area contributed by atoms with Gasteiger partial charge in [-0.25, -0.2) is 0 Å². The maximum atomic E-state index is 10.8. The van der Waals surface area contributed by atoms with Gasteiger partial charge < -0.3 is 15.1 Å². The molecule has 0 aromatic carbocycles. The van der Waals surface area contributed by atoms with Crippen molar-refractivity contribution in [1.82, 2.24) is 4.90 Å². The number of nitrogens with zero attached hydrogens (tertiary/aromatic N) is 1. The van der Waals surface area contributed by atoms with Crippen molar-refractivity contribution in [3.05, 3.63) is 0 Å². The molecule has 2 aliphatic rings. The summed E-state index contributed by atoms with van der Waals surface area (Å²) in [5.74, 6) is 0. The third-order valence-electron chi connectivity index (χ3n) is 4.64. The molecule has 3 nitrogen and oxygen atoms in total. The van der Waals surface area contributed by atoms with Crippen LogP contribution in [-0.4, -0.2) is 47.5 Å². The fraction of sp³-hybridized carbons (Fsp3) is 1.00. The van der Waals surface area contributed by atoms with Gasteiger partial charge in [-0.2, -0.15) is 0 Å². The minimum Gasteiger partial charge on any atom is -0.396 e. The average Bonchev–Trinajstić information content (AvgIpc) is 2.29. The predicted octanol–water partition coefficient (Wildman–Crippen LogP) is 0.996. The van der Waals surface area contributed by atoms with Crippen molar-refractivity contribution in [1.29, 1.82) is 0 Å². The van der Waals surface area contributed by atoms with Crippen LogP contribution in [0.15, 0.2) is 0 Å². The Balaban J connectivity index is 2.10. The second-order valence-electron chi connectivity index (χ2n) is 5.48. The lowest BCUT2D eigenvalue weighted by atomic mass is 9.57. The molecule has 0 aromatic heterocycles. The van der Waals surface area contributed by atoms with Gasteiger partial charge in [-0.3, -0.25) is 0 Å². The largest absolute Gasteiger partial charge is 0.396 e. The third-order valence-corrected chi connectivity index (χ3v) is 4.64. The fourth-order valence-electron chi connectivity index (χ4n) is 3.16. The van der Waals surface area contributed by atoms with Gasteiger partial charge in [0.05, 0.1) is 12.2 Å². The van der Waals surface area contributed by atoms with Crippen LogP contribution >= 0.6 is 0 Å². The molecule has 0 amide bonds. The molecule has 0 radical (unpaired) electrons. The maximum Gasteiger partial charge on any atom is 0.0738 e. The molecule has 1 heterocycles. The monoisotopic (exact) mass is 213 g/mol. The molecule has 1 atom stereocenters. The minimum absolute atomic E-state index is 0.160. The van der Waals surface area contributed by atoms with E-state index in [2.05, 4.69) is 11.9 Å². The first-order valence-corrected chi connectivity index (χ1v) is 6.14. The van der Waals surface area contributed by atoms with Crippen LogP contribution in [0.25, 0.3) is 0 Å². The molecule has 1 saturated heterocycles. The Morgan fingerprint density at radius 2 is 1.80 bits per heavy atom. The topological polar surface area (TPSA) is 43.7 Å². The minimum atomic E-state index is -0.606. The Morgan fingerprint density at radius 3 is 2.33 bits per heavy atom. The molecule has 2 N–H and O–H groups in total. The number of aliphatic hydroxyl groups excluding tert-OH is 1. The summed E-state index contributed by atoms with van der Waals surface area (Å²) in [6.07, 6.45) is 5.91. The van der Waals surface area contributed by atoms with Crippen molar-refractivity contribution in [3.63, 3.8) is 0 Å². The first-order valence-electron chi connectivity index (χ1n) is 6.14. The molecule has 2 rings (SSSR count). The SMILES string of the molecule is CN1CCCC(O)(C2(CO)CCC2)CC1. The Hall–Kier alpha value is -0.120. The summed E-state index contributed by atoms with van der Waals surface area (Å²) in [6, 6.07) is 0. The van der Waals surface area contributed by atoms with E-state index >= 15 is 0 Å². The summed E-state index contributed by atoms with van der Waals surface area (Å²) in [7, 11) is 2.11. The highest BCUT2D eigenvalue weighted by Crippen LogP contribution is 2.52. The van der Waals surface area contributed by atoms with Gasteiger partial charge in [-0.1, -0.05) is 6.42 Å². The summed E-state index contributed by atoms with van der Waals surface area (Å²) in [4.78, 5) is 2.28. The second kappa shape index (κ2) is 4.04. The zero-order valence-corrected chi connectivity index (χ0v) is 9.71. The molecule has 15 heavy (non-hydrogen) atoms. The Bertz CT molecular complexity index is 222. The van der Waals surface area contributed by atoms with E-state index in [9.17, 15) is 10.2 Å². The molecular formula is C12H23NO2. The van der Waals surface area contributed by atoms with E-state index in [-0.39, 0.29) is 12.0 Å².